The van der Waals surface area contributed by atoms with Crippen molar-refractivity contribution in [2.75, 3.05) is 0 Å². The number of imidazole rings is 2. The van der Waals surface area contributed by atoms with Gasteiger partial charge in [0.15, 0.2) is 0 Å². The van der Waals surface area contributed by atoms with E-state index in [9.17, 15) is 9.59 Å². The van der Waals surface area contributed by atoms with Crippen LogP contribution in [0.25, 0.3) is 28.2 Å². The normalized spacial score (nSPS) is 11.7. The van der Waals surface area contributed by atoms with E-state index in [4.69, 9.17) is 11.6 Å². The number of rotatable bonds is 3. The Balaban J connectivity index is 2.13. The first-order chi connectivity index (χ1) is 12.4. The van der Waals surface area contributed by atoms with Crippen LogP contribution in [0.1, 0.15) is 13.3 Å². The molecule has 4 rings (SSSR count). The summed E-state index contributed by atoms with van der Waals surface area (Å²) in [5, 5.41) is 0.676. The quantitative estimate of drug-likeness (QED) is 0.557. The lowest BCUT2D eigenvalue weighted by molar-refractivity contribution is -0.480. The molecular weight excluding hydrogens is 354 g/mol. The highest BCUT2D eigenvalue weighted by atomic mass is 35.5. The highest BCUT2D eigenvalue weighted by Gasteiger charge is 2.26. The summed E-state index contributed by atoms with van der Waals surface area (Å²) in [7, 11) is 3.15. The predicted octanol–water partition coefficient (Wildman–Crippen LogP) is 1.84. The summed E-state index contributed by atoms with van der Waals surface area (Å²) in [5.74, 6) is 0.769. The van der Waals surface area contributed by atoms with Gasteiger partial charge in [-0.05, 0) is 30.7 Å². The van der Waals surface area contributed by atoms with Crippen LogP contribution in [0, 0.1) is 0 Å². The third-order valence-corrected chi connectivity index (χ3v) is 4.98. The number of benzene rings is 1. The number of aromatic amines is 1. The van der Waals surface area contributed by atoms with Crippen LogP contribution < -0.4 is 15.6 Å². The molecule has 0 radical (unpaired) electrons. The Bertz CT molecular complexity index is 1260. The molecule has 0 fully saturated rings. The zero-order valence-electron chi connectivity index (χ0n) is 14.8. The van der Waals surface area contributed by atoms with E-state index in [-0.39, 0.29) is 11.2 Å². The Morgan fingerprint density at radius 2 is 1.81 bits per heavy atom. The van der Waals surface area contributed by atoms with Gasteiger partial charge in [-0.1, -0.05) is 18.5 Å². The van der Waals surface area contributed by atoms with Gasteiger partial charge in [0.05, 0.1) is 6.54 Å². The number of hydrogen-bond donors (Lipinski definition) is 1. The van der Waals surface area contributed by atoms with Crippen molar-refractivity contribution < 1.29 is 4.40 Å². The number of aryl methyl sites for hydroxylation is 2. The molecule has 26 heavy (non-hydrogen) atoms. The molecule has 4 aromatic rings. The Hall–Kier alpha value is -2.80. The molecule has 3 aromatic heterocycles. The third-order valence-electron chi connectivity index (χ3n) is 4.73. The van der Waals surface area contributed by atoms with E-state index >= 15 is 0 Å². The maximum Gasteiger partial charge on any atom is 0.369 e. The molecule has 1 aromatic carbocycles. The molecule has 0 saturated carbocycles. The van der Waals surface area contributed by atoms with E-state index in [2.05, 4.69) is 16.5 Å². The molecule has 3 heterocycles. The summed E-state index contributed by atoms with van der Waals surface area (Å²) >= 11 is 6.01. The topological polar surface area (TPSA) is 68.8 Å². The average molecular weight is 373 g/mol. The van der Waals surface area contributed by atoms with Gasteiger partial charge in [-0.2, -0.15) is 4.40 Å². The summed E-state index contributed by atoms with van der Waals surface area (Å²) in [4.78, 5) is 28.2. The zero-order chi connectivity index (χ0) is 18.6. The lowest BCUT2D eigenvalue weighted by atomic mass is 10.1. The number of nitrogens with zero attached hydrogens (tertiary/aromatic N) is 4. The summed E-state index contributed by atoms with van der Waals surface area (Å²) < 4.78 is 6.54. The van der Waals surface area contributed by atoms with Crippen LogP contribution in [0.3, 0.4) is 0 Å². The number of halogens is 1. The van der Waals surface area contributed by atoms with Crippen molar-refractivity contribution in [2.45, 2.75) is 19.9 Å². The minimum atomic E-state index is -0.355. The van der Waals surface area contributed by atoms with Crippen molar-refractivity contribution in [3.63, 3.8) is 0 Å². The minimum Gasteiger partial charge on any atom is -0.267 e. The second-order valence-electron chi connectivity index (χ2n) is 6.39. The average Bonchev–Trinajstić information content (AvgIpc) is 3.16. The standard InChI is InChI=1S/C18H18ClN5O2/c1-4-9-23-13(11-5-7-12(19)8-6-11)10-24-14-15(20-17(23)24)21(2)18(26)22(3)16(14)25/h5-8,10H,4,9H2,1-3H3/p+1. The Labute approximate surface area is 153 Å². The molecule has 0 amide bonds. The van der Waals surface area contributed by atoms with E-state index in [1.54, 1.807) is 7.05 Å². The lowest BCUT2D eigenvalue weighted by Crippen LogP contribution is -2.39. The lowest BCUT2D eigenvalue weighted by Gasteiger charge is -2.03. The second-order valence-corrected chi connectivity index (χ2v) is 6.83. The maximum atomic E-state index is 12.7. The van der Waals surface area contributed by atoms with Crippen molar-refractivity contribution in [1.82, 2.24) is 18.7 Å². The van der Waals surface area contributed by atoms with Crippen molar-refractivity contribution in [3.05, 3.63) is 56.3 Å². The monoisotopic (exact) mass is 372 g/mol. The molecule has 0 aliphatic rings. The number of hydrogen-bond acceptors (Lipinski definition) is 2. The highest BCUT2D eigenvalue weighted by Crippen LogP contribution is 2.23. The van der Waals surface area contributed by atoms with Gasteiger partial charge in [0.25, 0.3) is 5.56 Å². The number of H-pyrrole nitrogens is 1. The van der Waals surface area contributed by atoms with Crippen LogP contribution in [0.5, 0.6) is 0 Å². The molecule has 0 spiro atoms. The van der Waals surface area contributed by atoms with Crippen molar-refractivity contribution >= 4 is 28.5 Å². The fourth-order valence-corrected chi connectivity index (χ4v) is 3.51. The molecule has 0 aliphatic heterocycles. The second kappa shape index (κ2) is 5.88. The number of fused-ring (bicyclic) bond motifs is 3. The maximum absolute atomic E-state index is 12.7. The predicted molar refractivity (Wildman–Crippen MR) is 101 cm³/mol. The van der Waals surface area contributed by atoms with E-state index in [1.165, 1.54) is 11.6 Å². The zero-order valence-corrected chi connectivity index (χ0v) is 15.5. The SMILES string of the molecule is CCCn1c(-c2ccc(Cl)cc2)c[n+]2c3c(=O)n(C)c(=O)n(C)c3[nH]c12. The first-order valence-electron chi connectivity index (χ1n) is 8.42. The van der Waals surface area contributed by atoms with Crippen LogP contribution in [0.2, 0.25) is 5.02 Å². The van der Waals surface area contributed by atoms with Gasteiger partial charge in [-0.3, -0.25) is 13.9 Å². The highest BCUT2D eigenvalue weighted by molar-refractivity contribution is 6.30. The molecular formula is C18H19ClN5O2+. The Kier molecular flexibility index (Phi) is 3.77. The third kappa shape index (κ3) is 2.24. The molecule has 134 valence electrons. The van der Waals surface area contributed by atoms with Crippen molar-refractivity contribution in [1.29, 1.82) is 0 Å². The van der Waals surface area contributed by atoms with Crippen LogP contribution >= 0.6 is 11.6 Å². The Morgan fingerprint density at radius 3 is 2.46 bits per heavy atom. The fourth-order valence-electron chi connectivity index (χ4n) is 3.39. The van der Waals surface area contributed by atoms with Crippen LogP contribution in [0.4, 0.5) is 0 Å². The fraction of sp³-hybridized carbons (Fsp3) is 0.278. The van der Waals surface area contributed by atoms with E-state index in [0.717, 1.165) is 34.6 Å². The molecule has 0 atom stereocenters. The van der Waals surface area contributed by atoms with E-state index in [0.29, 0.717) is 16.2 Å². The molecule has 7 nitrogen and oxygen atoms in total. The van der Waals surface area contributed by atoms with Crippen LogP contribution in [0.15, 0.2) is 40.1 Å². The Morgan fingerprint density at radius 1 is 1.12 bits per heavy atom. The molecule has 1 N–H and O–H groups in total. The summed E-state index contributed by atoms with van der Waals surface area (Å²) in [6.07, 6.45) is 2.86. The summed E-state index contributed by atoms with van der Waals surface area (Å²) in [5.41, 5.74) is 2.28. The molecule has 8 heteroatoms. The molecule has 0 aliphatic carbocycles. The van der Waals surface area contributed by atoms with Gasteiger partial charge in [-0.25, -0.2) is 14.3 Å². The van der Waals surface area contributed by atoms with Crippen LogP contribution in [-0.2, 0) is 20.6 Å². The van der Waals surface area contributed by atoms with E-state index in [1.807, 2.05) is 34.9 Å². The number of nitrogens with one attached hydrogen (secondary N) is 1. The van der Waals surface area contributed by atoms with Crippen LogP contribution in [-0.4, -0.2) is 18.7 Å². The smallest absolute Gasteiger partial charge is 0.267 e. The molecule has 0 saturated heterocycles. The van der Waals surface area contributed by atoms with Gasteiger partial charge in [0, 0.05) is 24.7 Å². The van der Waals surface area contributed by atoms with E-state index < -0.39 is 0 Å². The minimum absolute atomic E-state index is 0.323. The van der Waals surface area contributed by atoms with Crippen molar-refractivity contribution in [2.24, 2.45) is 14.1 Å². The van der Waals surface area contributed by atoms with Crippen molar-refractivity contribution in [3.8, 4) is 11.3 Å². The molecule has 0 bridgehead atoms. The van der Waals surface area contributed by atoms with Gasteiger partial charge >= 0.3 is 11.5 Å². The molecule has 0 unspecified atom stereocenters. The first kappa shape index (κ1) is 16.7. The first-order valence-corrected chi connectivity index (χ1v) is 8.80. The van der Waals surface area contributed by atoms with Gasteiger partial charge in [-0.15, -0.1) is 0 Å². The van der Waals surface area contributed by atoms with Gasteiger partial charge < -0.3 is 0 Å². The van der Waals surface area contributed by atoms with Gasteiger partial charge in [0.2, 0.25) is 11.2 Å². The largest absolute Gasteiger partial charge is 0.369 e. The summed E-state index contributed by atoms with van der Waals surface area (Å²) in [6.45, 7) is 2.87. The number of aromatic nitrogens is 5. The summed E-state index contributed by atoms with van der Waals surface area (Å²) in [6, 6.07) is 7.61. The van der Waals surface area contributed by atoms with Gasteiger partial charge in [0.1, 0.15) is 11.9 Å².